The van der Waals surface area contributed by atoms with Crippen LogP contribution in [0.25, 0.3) is 22.0 Å². The van der Waals surface area contributed by atoms with E-state index in [-0.39, 0.29) is 31.8 Å². The SMILES string of the molecule is CC(CO)NCc1cc(Cl)c(OCc2cccc(-c3cccc4c3cnn4CCCCN3CCCC3)c2Br)cc1OCC(=O)NCCN(C)C. The lowest BCUT2D eigenvalue weighted by atomic mass is 10.00. The first-order valence-corrected chi connectivity index (χ1v) is 18.7. The van der Waals surface area contributed by atoms with Gasteiger partial charge >= 0.3 is 0 Å². The standard InChI is InChI=1S/C38H50BrClN6O4/c1-27(24-47)42-22-29-20-33(40)36(21-35(29)50-26-37(48)41-14-19-44(2)3)49-25-28-10-8-12-31(38(28)39)30-11-9-13-34-32(30)23-43-46(34)18-7-6-17-45-15-4-5-16-45/h8-13,20-21,23,27,42,47H,4-7,14-19,22,24-26H2,1-3H3,(H,41,48). The van der Waals surface area contributed by atoms with E-state index in [0.717, 1.165) is 57.1 Å². The number of carbonyl (C=O) groups is 1. The maximum atomic E-state index is 12.5. The molecule has 0 saturated carbocycles. The fraction of sp³-hybridized carbons (Fsp3) is 0.474. The molecular formula is C38H50BrClN6O4. The van der Waals surface area contributed by atoms with Gasteiger partial charge in [0.15, 0.2) is 6.61 Å². The maximum Gasteiger partial charge on any atom is 0.257 e. The molecule has 270 valence electrons. The van der Waals surface area contributed by atoms with E-state index in [2.05, 4.69) is 60.4 Å². The molecule has 1 saturated heterocycles. The van der Waals surface area contributed by atoms with Crippen LogP contribution in [-0.4, -0.2) is 96.7 Å². The number of nitrogens with zero attached hydrogens (tertiary/aromatic N) is 4. The minimum absolute atomic E-state index is 0.0108. The molecule has 0 bridgehead atoms. The molecule has 1 atom stereocenters. The molecule has 4 aromatic rings. The average molecular weight is 770 g/mol. The third-order valence-electron chi connectivity index (χ3n) is 9.00. The van der Waals surface area contributed by atoms with E-state index < -0.39 is 0 Å². The predicted molar refractivity (Wildman–Crippen MR) is 204 cm³/mol. The Morgan fingerprint density at radius 3 is 2.58 bits per heavy atom. The van der Waals surface area contributed by atoms with E-state index >= 15 is 0 Å². The number of likely N-dealkylation sites (N-methyl/N-ethyl adjacent to an activating group) is 1. The number of aryl methyl sites for hydroxylation is 1. The minimum atomic E-state index is -0.217. The first-order chi connectivity index (χ1) is 24.2. The number of halogens is 2. The summed E-state index contributed by atoms with van der Waals surface area (Å²) in [5.74, 6) is 0.710. The zero-order chi connectivity index (χ0) is 35.5. The summed E-state index contributed by atoms with van der Waals surface area (Å²) in [6, 6.07) is 15.9. The van der Waals surface area contributed by atoms with E-state index in [4.69, 9.17) is 26.2 Å². The number of benzene rings is 3. The van der Waals surface area contributed by atoms with E-state index in [1.165, 1.54) is 38.9 Å². The van der Waals surface area contributed by atoms with Gasteiger partial charge in [0.25, 0.3) is 5.91 Å². The van der Waals surface area contributed by atoms with Crippen molar-refractivity contribution in [2.45, 2.75) is 58.3 Å². The van der Waals surface area contributed by atoms with Gasteiger partial charge in [-0.05, 0) is 106 Å². The van der Waals surface area contributed by atoms with Crippen molar-refractivity contribution >= 4 is 44.3 Å². The summed E-state index contributed by atoms with van der Waals surface area (Å²) in [5, 5.41) is 21.9. The highest BCUT2D eigenvalue weighted by Gasteiger charge is 2.17. The second-order valence-electron chi connectivity index (χ2n) is 13.2. The first-order valence-electron chi connectivity index (χ1n) is 17.5. The number of unbranched alkanes of at least 4 members (excludes halogenated alkanes) is 1. The Hall–Kier alpha value is -3.19. The van der Waals surface area contributed by atoms with Gasteiger partial charge in [0.05, 0.1) is 23.3 Å². The van der Waals surface area contributed by atoms with Gasteiger partial charge in [-0.2, -0.15) is 5.10 Å². The lowest BCUT2D eigenvalue weighted by Gasteiger charge is -2.18. The Kier molecular flexibility index (Phi) is 14.4. The van der Waals surface area contributed by atoms with Gasteiger partial charge < -0.3 is 35.0 Å². The van der Waals surface area contributed by atoms with Crippen LogP contribution in [0.4, 0.5) is 0 Å². The molecule has 10 nitrogen and oxygen atoms in total. The Bertz CT molecular complexity index is 1710. The monoisotopic (exact) mass is 768 g/mol. The molecule has 1 aliphatic heterocycles. The van der Waals surface area contributed by atoms with E-state index in [1.807, 2.05) is 44.2 Å². The molecule has 0 spiro atoms. The predicted octanol–water partition coefficient (Wildman–Crippen LogP) is 6.10. The first kappa shape index (κ1) is 38.1. The van der Waals surface area contributed by atoms with Crippen LogP contribution in [0.3, 0.4) is 0 Å². The van der Waals surface area contributed by atoms with Crippen LogP contribution in [0, 0.1) is 0 Å². The van der Waals surface area contributed by atoms with Crippen LogP contribution < -0.4 is 20.1 Å². The Balaban J connectivity index is 1.28. The van der Waals surface area contributed by atoms with Crippen LogP contribution in [-0.2, 0) is 24.5 Å². The molecule has 3 N–H and O–H groups in total. The van der Waals surface area contributed by atoms with Crippen molar-refractivity contribution in [2.24, 2.45) is 0 Å². The van der Waals surface area contributed by atoms with E-state index in [1.54, 1.807) is 12.1 Å². The van der Waals surface area contributed by atoms with E-state index in [0.29, 0.717) is 29.6 Å². The third kappa shape index (κ3) is 10.4. The molecule has 1 fully saturated rings. The number of rotatable bonds is 19. The zero-order valence-electron chi connectivity index (χ0n) is 29.4. The number of carbonyl (C=O) groups excluding carboxylic acids is 1. The lowest BCUT2D eigenvalue weighted by molar-refractivity contribution is -0.123. The highest BCUT2D eigenvalue weighted by atomic mass is 79.9. The summed E-state index contributed by atoms with van der Waals surface area (Å²) in [6.07, 6.45) is 6.92. The van der Waals surface area contributed by atoms with Crippen molar-refractivity contribution < 1.29 is 19.4 Å². The van der Waals surface area contributed by atoms with Crippen molar-refractivity contribution in [1.29, 1.82) is 0 Å². The topological polar surface area (TPSA) is 104 Å². The van der Waals surface area contributed by atoms with Crippen LogP contribution in [0.5, 0.6) is 11.5 Å². The van der Waals surface area contributed by atoms with Crippen molar-refractivity contribution in [3.63, 3.8) is 0 Å². The van der Waals surface area contributed by atoms with Crippen molar-refractivity contribution in [3.8, 4) is 22.6 Å². The number of nitrogens with one attached hydrogen (secondary N) is 2. The van der Waals surface area contributed by atoms with Crippen molar-refractivity contribution in [1.82, 2.24) is 30.2 Å². The molecule has 5 rings (SSSR count). The zero-order valence-corrected chi connectivity index (χ0v) is 31.7. The van der Waals surface area contributed by atoms with Crippen molar-refractivity contribution in [3.05, 3.63) is 75.4 Å². The van der Waals surface area contributed by atoms with Crippen LogP contribution >= 0.6 is 27.5 Å². The number of hydrogen-bond acceptors (Lipinski definition) is 8. The Morgan fingerprint density at radius 2 is 1.80 bits per heavy atom. The van der Waals surface area contributed by atoms with E-state index in [9.17, 15) is 9.90 Å². The average Bonchev–Trinajstić information content (AvgIpc) is 3.78. The second-order valence-corrected chi connectivity index (χ2v) is 14.4. The molecular weight excluding hydrogens is 720 g/mol. The summed E-state index contributed by atoms with van der Waals surface area (Å²) in [7, 11) is 3.90. The maximum absolute atomic E-state index is 12.5. The van der Waals surface area contributed by atoms with Crippen LogP contribution in [0.1, 0.15) is 43.7 Å². The van der Waals surface area contributed by atoms with Crippen molar-refractivity contribution in [2.75, 3.05) is 60.0 Å². The number of aromatic nitrogens is 2. The molecule has 1 unspecified atom stereocenters. The molecule has 1 aromatic heterocycles. The van der Waals surface area contributed by atoms with Crippen LogP contribution in [0.15, 0.2) is 59.2 Å². The molecule has 0 radical (unpaired) electrons. The van der Waals surface area contributed by atoms with Gasteiger partial charge in [-0.3, -0.25) is 9.48 Å². The third-order valence-corrected chi connectivity index (χ3v) is 10.2. The number of likely N-dealkylation sites (tertiary alicyclic amines) is 1. The molecule has 3 aromatic carbocycles. The Labute approximate surface area is 309 Å². The fourth-order valence-corrected chi connectivity index (χ4v) is 6.93. The molecule has 0 aliphatic carbocycles. The summed E-state index contributed by atoms with van der Waals surface area (Å²) in [6.45, 7) is 8.18. The van der Waals surface area contributed by atoms with Gasteiger partial charge in [-0.25, -0.2) is 0 Å². The Morgan fingerprint density at radius 1 is 1.04 bits per heavy atom. The van der Waals surface area contributed by atoms with Crippen LogP contribution in [0.2, 0.25) is 5.02 Å². The lowest BCUT2D eigenvalue weighted by Crippen LogP contribution is -2.34. The summed E-state index contributed by atoms with van der Waals surface area (Å²) in [4.78, 5) is 17.0. The summed E-state index contributed by atoms with van der Waals surface area (Å²) < 4.78 is 15.3. The van der Waals surface area contributed by atoms with Gasteiger partial charge in [0.1, 0.15) is 18.1 Å². The highest BCUT2D eigenvalue weighted by Crippen LogP contribution is 2.38. The molecule has 2 heterocycles. The van der Waals surface area contributed by atoms with Gasteiger partial charge in [0.2, 0.25) is 0 Å². The highest BCUT2D eigenvalue weighted by molar-refractivity contribution is 9.10. The number of ether oxygens (including phenoxy) is 2. The molecule has 1 amide bonds. The van der Waals surface area contributed by atoms with Gasteiger partial charge in [0, 0.05) is 59.3 Å². The normalized spacial score (nSPS) is 14.1. The summed E-state index contributed by atoms with van der Waals surface area (Å²) >= 11 is 10.6. The number of aliphatic hydroxyl groups excluding tert-OH is 1. The molecule has 12 heteroatoms. The number of amides is 1. The summed E-state index contributed by atoms with van der Waals surface area (Å²) in [5.41, 5.74) is 5.00. The van der Waals surface area contributed by atoms with Gasteiger partial charge in [-0.1, -0.05) is 41.9 Å². The molecule has 50 heavy (non-hydrogen) atoms. The number of aliphatic hydroxyl groups is 1. The minimum Gasteiger partial charge on any atom is -0.487 e. The molecule has 1 aliphatic rings. The quantitative estimate of drug-likeness (QED) is 0.0985. The van der Waals surface area contributed by atoms with Gasteiger partial charge in [-0.15, -0.1) is 0 Å². The number of fused-ring (bicyclic) bond motifs is 1. The fourth-order valence-electron chi connectivity index (χ4n) is 6.10. The second kappa shape index (κ2) is 18.9. The smallest absolute Gasteiger partial charge is 0.257 e. The number of hydrogen-bond donors (Lipinski definition) is 3. The largest absolute Gasteiger partial charge is 0.487 e.